The van der Waals surface area contributed by atoms with Gasteiger partial charge in [0.05, 0.1) is 16.7 Å². The van der Waals surface area contributed by atoms with E-state index in [9.17, 15) is 5.11 Å². The maximum absolute atomic E-state index is 10.2. The van der Waals surface area contributed by atoms with Crippen molar-refractivity contribution in [3.05, 3.63) is 16.6 Å². The number of nitrogens with zero attached hydrogens (tertiary/aromatic N) is 1. The van der Waals surface area contributed by atoms with Crippen LogP contribution in [0.3, 0.4) is 0 Å². The molecular formula is C11H17NOS. The number of rotatable bonds is 2. The molecule has 0 aliphatic heterocycles. The lowest BCUT2D eigenvalue weighted by molar-refractivity contribution is 0.0932. The molecule has 1 heterocycles. The van der Waals surface area contributed by atoms with E-state index in [1.807, 2.05) is 13.0 Å². The van der Waals surface area contributed by atoms with Crippen molar-refractivity contribution >= 4 is 11.5 Å². The van der Waals surface area contributed by atoms with E-state index >= 15 is 0 Å². The number of aliphatic hydroxyl groups is 1. The van der Waals surface area contributed by atoms with E-state index in [0.29, 0.717) is 11.8 Å². The number of aliphatic hydroxyl groups excluding tert-OH is 1. The number of aryl methyl sites for hydroxylation is 1. The van der Waals surface area contributed by atoms with Crippen molar-refractivity contribution in [1.82, 2.24) is 4.37 Å². The molecule has 2 nitrogen and oxygen atoms in total. The molecule has 3 atom stereocenters. The van der Waals surface area contributed by atoms with Gasteiger partial charge in [-0.3, -0.25) is 0 Å². The van der Waals surface area contributed by atoms with Gasteiger partial charge in [0, 0.05) is 0 Å². The average molecular weight is 211 g/mol. The van der Waals surface area contributed by atoms with Gasteiger partial charge in [-0.1, -0.05) is 19.8 Å². The minimum Gasteiger partial charge on any atom is -0.387 e. The fourth-order valence-electron chi connectivity index (χ4n) is 2.38. The van der Waals surface area contributed by atoms with Crippen LogP contribution in [0.2, 0.25) is 0 Å². The van der Waals surface area contributed by atoms with Gasteiger partial charge < -0.3 is 5.11 Å². The van der Waals surface area contributed by atoms with Gasteiger partial charge in [-0.15, -0.1) is 0 Å². The van der Waals surface area contributed by atoms with Gasteiger partial charge in [-0.25, -0.2) is 0 Å². The van der Waals surface area contributed by atoms with Crippen LogP contribution in [0.4, 0.5) is 0 Å². The van der Waals surface area contributed by atoms with Crippen LogP contribution >= 0.6 is 11.5 Å². The lowest BCUT2D eigenvalue weighted by atomic mass is 9.91. The molecule has 2 rings (SSSR count). The molecule has 78 valence electrons. The van der Waals surface area contributed by atoms with Gasteiger partial charge in [-0.05, 0) is 42.8 Å². The topological polar surface area (TPSA) is 33.1 Å². The Kier molecular flexibility index (Phi) is 2.88. The second kappa shape index (κ2) is 3.99. The third-order valence-electron chi connectivity index (χ3n) is 3.27. The highest BCUT2D eigenvalue weighted by atomic mass is 32.1. The first-order valence-corrected chi connectivity index (χ1v) is 6.07. The maximum atomic E-state index is 10.2. The molecule has 1 saturated carbocycles. The monoisotopic (exact) mass is 211 g/mol. The summed E-state index contributed by atoms with van der Waals surface area (Å²) in [6, 6.07) is 2.01. The van der Waals surface area contributed by atoms with Crippen molar-refractivity contribution in [2.75, 3.05) is 0 Å². The van der Waals surface area contributed by atoms with E-state index in [1.165, 1.54) is 30.8 Å². The van der Waals surface area contributed by atoms with Crippen LogP contribution in [-0.2, 0) is 0 Å². The van der Waals surface area contributed by atoms with Crippen molar-refractivity contribution < 1.29 is 5.11 Å². The molecule has 0 radical (unpaired) electrons. The van der Waals surface area contributed by atoms with Crippen LogP contribution in [0.25, 0.3) is 0 Å². The maximum Gasteiger partial charge on any atom is 0.0928 e. The smallest absolute Gasteiger partial charge is 0.0928 e. The van der Waals surface area contributed by atoms with Gasteiger partial charge in [0.25, 0.3) is 0 Å². The highest BCUT2D eigenvalue weighted by molar-refractivity contribution is 7.05. The molecule has 1 aromatic rings. The summed E-state index contributed by atoms with van der Waals surface area (Å²) in [6.07, 6.45) is 3.41. The molecular weight excluding hydrogens is 194 g/mol. The Morgan fingerprint density at radius 1 is 1.57 bits per heavy atom. The van der Waals surface area contributed by atoms with Gasteiger partial charge in [0.15, 0.2) is 0 Å². The molecule has 0 saturated heterocycles. The number of aromatic nitrogens is 1. The fraction of sp³-hybridized carbons (Fsp3) is 0.727. The third kappa shape index (κ3) is 1.84. The molecule has 1 fully saturated rings. The zero-order valence-corrected chi connectivity index (χ0v) is 9.55. The lowest BCUT2D eigenvalue weighted by Crippen LogP contribution is -2.13. The van der Waals surface area contributed by atoms with E-state index < -0.39 is 0 Å². The van der Waals surface area contributed by atoms with E-state index in [2.05, 4.69) is 11.3 Å². The summed E-state index contributed by atoms with van der Waals surface area (Å²) in [7, 11) is 0. The summed E-state index contributed by atoms with van der Waals surface area (Å²) >= 11 is 1.45. The average Bonchev–Trinajstić information content (AvgIpc) is 2.73. The highest BCUT2D eigenvalue weighted by Gasteiger charge is 2.31. The van der Waals surface area contributed by atoms with Gasteiger partial charge >= 0.3 is 0 Å². The predicted octanol–water partition coefficient (Wildman–Crippen LogP) is 2.92. The quantitative estimate of drug-likeness (QED) is 0.816. The Morgan fingerprint density at radius 3 is 2.86 bits per heavy atom. The van der Waals surface area contributed by atoms with Crippen LogP contribution in [0.15, 0.2) is 6.07 Å². The van der Waals surface area contributed by atoms with Crippen LogP contribution in [-0.4, -0.2) is 9.48 Å². The van der Waals surface area contributed by atoms with Crippen LogP contribution in [0, 0.1) is 18.8 Å². The number of hydrogen-bond acceptors (Lipinski definition) is 3. The first-order chi connectivity index (χ1) is 6.68. The Bertz CT molecular complexity index is 310. The SMILES string of the molecule is Cc1cc(C(O)C2CCCC2C)sn1. The van der Waals surface area contributed by atoms with Crippen LogP contribution in [0.1, 0.15) is 42.9 Å². The van der Waals surface area contributed by atoms with Crippen molar-refractivity contribution in [1.29, 1.82) is 0 Å². The van der Waals surface area contributed by atoms with Crippen molar-refractivity contribution in [3.63, 3.8) is 0 Å². The van der Waals surface area contributed by atoms with Gasteiger partial charge in [0.1, 0.15) is 0 Å². The molecule has 14 heavy (non-hydrogen) atoms. The summed E-state index contributed by atoms with van der Waals surface area (Å²) in [4.78, 5) is 1.04. The van der Waals surface area contributed by atoms with E-state index in [4.69, 9.17) is 0 Å². The van der Waals surface area contributed by atoms with Crippen molar-refractivity contribution in [2.24, 2.45) is 11.8 Å². The Hall–Kier alpha value is -0.410. The molecule has 1 aliphatic carbocycles. The van der Waals surface area contributed by atoms with Gasteiger partial charge in [0.2, 0.25) is 0 Å². The summed E-state index contributed by atoms with van der Waals surface area (Å²) < 4.78 is 4.22. The third-order valence-corrected chi connectivity index (χ3v) is 4.22. The minimum absolute atomic E-state index is 0.279. The highest BCUT2D eigenvalue weighted by Crippen LogP contribution is 2.40. The molecule has 3 unspecified atom stereocenters. The zero-order valence-electron chi connectivity index (χ0n) is 8.73. The van der Waals surface area contributed by atoms with E-state index in [-0.39, 0.29) is 6.10 Å². The molecule has 0 amide bonds. The van der Waals surface area contributed by atoms with E-state index in [1.54, 1.807) is 0 Å². The summed E-state index contributed by atoms with van der Waals surface area (Å²) in [5, 5.41) is 10.2. The van der Waals surface area contributed by atoms with Gasteiger partial charge in [-0.2, -0.15) is 4.37 Å². The Balaban J connectivity index is 2.11. The molecule has 1 N–H and O–H groups in total. The predicted molar refractivity (Wildman–Crippen MR) is 58.3 cm³/mol. The summed E-state index contributed by atoms with van der Waals surface area (Å²) in [5.74, 6) is 1.11. The lowest BCUT2D eigenvalue weighted by Gasteiger charge is -2.20. The summed E-state index contributed by atoms with van der Waals surface area (Å²) in [6.45, 7) is 4.22. The van der Waals surface area contributed by atoms with Crippen molar-refractivity contribution in [2.45, 2.75) is 39.2 Å². The Morgan fingerprint density at radius 2 is 2.36 bits per heavy atom. The second-order valence-electron chi connectivity index (χ2n) is 4.39. The molecule has 0 spiro atoms. The summed E-state index contributed by atoms with van der Waals surface area (Å²) in [5.41, 5.74) is 1.02. The van der Waals surface area contributed by atoms with Crippen molar-refractivity contribution in [3.8, 4) is 0 Å². The molecule has 1 aromatic heterocycles. The zero-order chi connectivity index (χ0) is 10.1. The normalized spacial score (nSPS) is 29.4. The fourth-order valence-corrected chi connectivity index (χ4v) is 3.18. The van der Waals surface area contributed by atoms with Crippen LogP contribution in [0.5, 0.6) is 0 Å². The molecule has 3 heteroatoms. The van der Waals surface area contributed by atoms with E-state index in [0.717, 1.165) is 10.6 Å². The molecule has 0 bridgehead atoms. The Labute approximate surface area is 89.1 Å². The second-order valence-corrected chi connectivity index (χ2v) is 5.22. The number of hydrogen-bond donors (Lipinski definition) is 1. The van der Waals surface area contributed by atoms with Crippen LogP contribution < -0.4 is 0 Å². The largest absolute Gasteiger partial charge is 0.387 e. The molecule has 0 aromatic carbocycles. The molecule has 1 aliphatic rings. The standard InChI is InChI=1S/C11H17NOS/c1-7-4-3-5-9(7)11(13)10-6-8(2)12-14-10/h6-7,9,11,13H,3-5H2,1-2H3. The first-order valence-electron chi connectivity index (χ1n) is 5.30. The first kappa shape index (κ1) is 10.1. The minimum atomic E-state index is -0.279.